The van der Waals surface area contributed by atoms with Crippen LogP contribution in [-0.2, 0) is 11.2 Å². The van der Waals surface area contributed by atoms with Gasteiger partial charge >= 0.3 is 0 Å². The highest BCUT2D eigenvalue weighted by Gasteiger charge is 2.30. The molecule has 7 heteroatoms. The Morgan fingerprint density at radius 2 is 1.92 bits per heavy atom. The second-order valence-corrected chi connectivity index (χ2v) is 11.6. The van der Waals surface area contributed by atoms with Gasteiger partial charge in [0, 0.05) is 71.3 Å². The molecule has 6 rings (SSSR count). The number of piperazine rings is 1. The quantitative estimate of drug-likeness (QED) is 0.283. The number of nitrogens with one attached hydrogen (secondary N) is 2. The zero-order chi connectivity index (χ0) is 26.2. The van der Waals surface area contributed by atoms with Crippen LogP contribution in [0.1, 0.15) is 28.4 Å². The summed E-state index contributed by atoms with van der Waals surface area (Å²) in [5.74, 6) is -0.0249. The number of aromatic nitrogens is 1. The van der Waals surface area contributed by atoms with Crippen molar-refractivity contribution >= 4 is 55.5 Å². The van der Waals surface area contributed by atoms with Gasteiger partial charge in [-0.15, -0.1) is 0 Å². The second-order valence-electron chi connectivity index (χ2n) is 10.2. The summed E-state index contributed by atoms with van der Waals surface area (Å²) >= 11 is 9.83. The van der Waals surface area contributed by atoms with Crippen molar-refractivity contribution in [3.05, 3.63) is 105 Å². The van der Waals surface area contributed by atoms with Crippen molar-refractivity contribution in [2.24, 2.45) is 0 Å². The van der Waals surface area contributed by atoms with Crippen LogP contribution in [0.5, 0.6) is 0 Å². The standard InChI is InChI=1S/C31H30BrClN4O/c1-36-13-14-37(29(19-36)20-5-3-2-4-6-20)12-11-34-31(38)30-25-9-7-23(32)15-21(25)17-26(30)28-18-22-16-24(33)8-10-27(22)35-28/h2-10,15-16,18,29,35H,11-14,17,19H2,1H3,(H,34,38). The van der Waals surface area contributed by atoms with E-state index in [1.165, 1.54) is 5.56 Å². The third-order valence-electron chi connectivity index (χ3n) is 7.70. The molecule has 2 aliphatic rings. The molecule has 1 aliphatic heterocycles. The summed E-state index contributed by atoms with van der Waals surface area (Å²) in [4.78, 5) is 22.1. The van der Waals surface area contributed by atoms with Gasteiger partial charge < -0.3 is 15.2 Å². The number of allylic oxidation sites excluding steroid dienone is 1. The summed E-state index contributed by atoms with van der Waals surface area (Å²) in [5.41, 5.74) is 7.22. The molecule has 194 valence electrons. The van der Waals surface area contributed by atoms with Crippen LogP contribution < -0.4 is 5.32 Å². The lowest BCUT2D eigenvalue weighted by Gasteiger charge is -2.40. The van der Waals surface area contributed by atoms with Crippen LogP contribution in [0, 0.1) is 0 Å². The molecule has 1 saturated heterocycles. The van der Waals surface area contributed by atoms with Crippen LogP contribution in [0.2, 0.25) is 5.02 Å². The number of halogens is 2. The molecule has 38 heavy (non-hydrogen) atoms. The molecule has 1 amide bonds. The second kappa shape index (κ2) is 10.7. The average Bonchev–Trinajstić information content (AvgIpc) is 3.50. The average molecular weight is 590 g/mol. The highest BCUT2D eigenvalue weighted by molar-refractivity contribution is 9.10. The zero-order valence-electron chi connectivity index (χ0n) is 21.3. The predicted molar refractivity (Wildman–Crippen MR) is 159 cm³/mol. The fraction of sp³-hybridized carbons (Fsp3) is 0.258. The van der Waals surface area contributed by atoms with Crippen LogP contribution in [0.25, 0.3) is 22.0 Å². The number of hydrogen-bond acceptors (Lipinski definition) is 3. The third-order valence-corrected chi connectivity index (χ3v) is 8.43. The van der Waals surface area contributed by atoms with Crippen LogP contribution in [0.4, 0.5) is 0 Å². The van der Waals surface area contributed by atoms with Gasteiger partial charge in [0.1, 0.15) is 0 Å². The zero-order valence-corrected chi connectivity index (χ0v) is 23.6. The number of likely N-dealkylation sites (N-methyl/N-ethyl adjacent to an activating group) is 1. The number of amides is 1. The maximum absolute atomic E-state index is 13.7. The highest BCUT2D eigenvalue weighted by atomic mass is 79.9. The van der Waals surface area contributed by atoms with E-state index in [1.54, 1.807) is 0 Å². The maximum atomic E-state index is 13.7. The van der Waals surface area contributed by atoms with E-state index in [4.69, 9.17) is 11.6 Å². The summed E-state index contributed by atoms with van der Waals surface area (Å²) in [6.07, 6.45) is 0.701. The molecular weight excluding hydrogens is 560 g/mol. The first-order valence-corrected chi connectivity index (χ1v) is 14.2. The minimum absolute atomic E-state index is 0.0249. The summed E-state index contributed by atoms with van der Waals surface area (Å²) in [7, 11) is 2.18. The maximum Gasteiger partial charge on any atom is 0.252 e. The Labute approximate surface area is 236 Å². The first kappa shape index (κ1) is 25.4. The van der Waals surface area contributed by atoms with Crippen LogP contribution in [0.3, 0.4) is 0 Å². The van der Waals surface area contributed by atoms with Gasteiger partial charge in [-0.1, -0.05) is 63.9 Å². The molecule has 3 aromatic carbocycles. The van der Waals surface area contributed by atoms with Crippen LogP contribution in [0.15, 0.2) is 77.3 Å². The predicted octanol–water partition coefficient (Wildman–Crippen LogP) is 6.16. The van der Waals surface area contributed by atoms with Crippen LogP contribution in [-0.4, -0.2) is 60.5 Å². The van der Waals surface area contributed by atoms with E-state index in [1.807, 2.05) is 30.3 Å². The van der Waals surface area contributed by atoms with Gasteiger partial charge in [0.2, 0.25) is 0 Å². The number of nitrogens with zero attached hydrogens (tertiary/aromatic N) is 2. The molecule has 1 aromatic heterocycles. The highest BCUT2D eigenvalue weighted by Crippen LogP contribution is 2.40. The smallest absolute Gasteiger partial charge is 0.252 e. The number of rotatable bonds is 6. The monoisotopic (exact) mass is 588 g/mol. The number of aromatic amines is 1. The number of fused-ring (bicyclic) bond motifs is 2. The molecule has 0 saturated carbocycles. The van der Waals surface area contributed by atoms with Crippen LogP contribution >= 0.6 is 27.5 Å². The van der Waals surface area contributed by atoms with Crippen molar-refractivity contribution in [3.8, 4) is 0 Å². The molecule has 0 spiro atoms. The van der Waals surface area contributed by atoms with E-state index in [0.29, 0.717) is 24.0 Å². The summed E-state index contributed by atoms with van der Waals surface area (Å²) < 4.78 is 1.02. The largest absolute Gasteiger partial charge is 0.355 e. The minimum Gasteiger partial charge on any atom is -0.355 e. The Morgan fingerprint density at radius 3 is 2.76 bits per heavy atom. The molecule has 1 unspecified atom stereocenters. The number of benzene rings is 3. The first-order valence-electron chi connectivity index (χ1n) is 13.0. The lowest BCUT2D eigenvalue weighted by molar-refractivity contribution is -0.115. The number of hydrogen-bond donors (Lipinski definition) is 2. The summed E-state index contributed by atoms with van der Waals surface area (Å²) in [5, 5.41) is 5.00. The summed E-state index contributed by atoms with van der Waals surface area (Å²) in [6.45, 7) is 4.39. The molecule has 1 atom stereocenters. The van der Waals surface area contributed by atoms with E-state index < -0.39 is 0 Å². The Kier molecular flexibility index (Phi) is 7.14. The van der Waals surface area contributed by atoms with Gasteiger partial charge in [0.15, 0.2) is 0 Å². The molecule has 2 heterocycles. The van der Waals surface area contributed by atoms with Crippen molar-refractivity contribution in [1.82, 2.24) is 20.1 Å². The van der Waals surface area contributed by atoms with Gasteiger partial charge in [0.25, 0.3) is 5.91 Å². The SMILES string of the molecule is CN1CCN(CCNC(=O)C2=C(c3cc4cc(Cl)ccc4[nH]3)Cc3cc(Br)ccc32)C(c2ccccc2)C1. The van der Waals surface area contributed by atoms with Crippen molar-refractivity contribution in [2.75, 3.05) is 39.8 Å². The molecule has 0 radical (unpaired) electrons. The van der Waals surface area contributed by atoms with E-state index in [-0.39, 0.29) is 5.91 Å². The molecule has 1 fully saturated rings. The van der Waals surface area contributed by atoms with Gasteiger partial charge in [-0.3, -0.25) is 9.69 Å². The molecule has 4 aromatic rings. The van der Waals surface area contributed by atoms with Gasteiger partial charge in [-0.25, -0.2) is 0 Å². The number of H-pyrrole nitrogens is 1. The fourth-order valence-electron chi connectivity index (χ4n) is 5.77. The normalized spacial score (nSPS) is 18.2. The number of carbonyl (C=O) groups excluding carboxylic acids is 1. The summed E-state index contributed by atoms with van der Waals surface area (Å²) in [6, 6.07) is 25.1. The van der Waals surface area contributed by atoms with E-state index in [9.17, 15) is 4.79 Å². The van der Waals surface area contributed by atoms with Gasteiger partial charge in [0.05, 0.1) is 5.57 Å². The Balaban J connectivity index is 1.24. The van der Waals surface area contributed by atoms with Gasteiger partial charge in [-0.2, -0.15) is 0 Å². The minimum atomic E-state index is -0.0249. The Morgan fingerprint density at radius 1 is 1.08 bits per heavy atom. The van der Waals surface area contributed by atoms with Gasteiger partial charge in [-0.05, 0) is 65.7 Å². The fourth-order valence-corrected chi connectivity index (χ4v) is 6.36. The molecule has 1 aliphatic carbocycles. The molecule has 0 bridgehead atoms. The molecular formula is C31H30BrClN4O. The van der Waals surface area contributed by atoms with Crippen molar-refractivity contribution in [1.29, 1.82) is 0 Å². The molecule has 2 N–H and O–H groups in total. The van der Waals surface area contributed by atoms with Crippen molar-refractivity contribution in [2.45, 2.75) is 12.5 Å². The topological polar surface area (TPSA) is 51.4 Å². The first-order chi connectivity index (χ1) is 18.5. The molecule has 5 nitrogen and oxygen atoms in total. The van der Waals surface area contributed by atoms with E-state index in [0.717, 1.165) is 69.5 Å². The Bertz CT molecular complexity index is 1530. The van der Waals surface area contributed by atoms with Crippen molar-refractivity contribution < 1.29 is 4.79 Å². The van der Waals surface area contributed by atoms with Crippen molar-refractivity contribution in [3.63, 3.8) is 0 Å². The van der Waals surface area contributed by atoms with E-state index in [2.05, 4.69) is 85.5 Å². The number of carbonyl (C=O) groups is 1. The third kappa shape index (κ3) is 5.06. The lowest BCUT2D eigenvalue weighted by atomic mass is 10.0. The van der Waals surface area contributed by atoms with E-state index >= 15 is 0 Å². The lowest BCUT2D eigenvalue weighted by Crippen LogP contribution is -2.49. The Hall–Kier alpha value is -2.90.